The molecule has 0 aliphatic rings. The van der Waals surface area contributed by atoms with Crippen molar-refractivity contribution < 1.29 is 4.39 Å². The van der Waals surface area contributed by atoms with Gasteiger partial charge in [0.15, 0.2) is 0 Å². The third-order valence-corrected chi connectivity index (χ3v) is 2.56. The van der Waals surface area contributed by atoms with Gasteiger partial charge in [-0.25, -0.2) is 4.39 Å². The van der Waals surface area contributed by atoms with Crippen LogP contribution >= 0.6 is 0 Å². The summed E-state index contributed by atoms with van der Waals surface area (Å²) in [6.45, 7) is 2.00. The fraction of sp³-hybridized carbons (Fsp3) is 0.125. The van der Waals surface area contributed by atoms with Gasteiger partial charge in [0.1, 0.15) is 5.82 Å². The van der Waals surface area contributed by atoms with Gasteiger partial charge in [-0.15, -0.1) is 0 Å². The first-order valence-electron chi connectivity index (χ1n) is 5.65. The molecular weight excluding hydrogens is 211 g/mol. The summed E-state index contributed by atoms with van der Waals surface area (Å²) in [5, 5.41) is 0. The van der Waals surface area contributed by atoms with Crippen LogP contribution in [0.2, 0.25) is 0 Å². The van der Waals surface area contributed by atoms with Gasteiger partial charge >= 0.3 is 0 Å². The molecule has 2 aromatic rings. The molecule has 0 amide bonds. The van der Waals surface area contributed by atoms with Crippen molar-refractivity contribution in [2.45, 2.75) is 13.3 Å². The maximum Gasteiger partial charge on any atom is 0.123 e. The van der Waals surface area contributed by atoms with Crippen LogP contribution < -0.4 is 0 Å². The van der Waals surface area contributed by atoms with Crippen molar-refractivity contribution >= 4 is 0 Å². The van der Waals surface area contributed by atoms with Crippen molar-refractivity contribution in [3.8, 4) is 11.8 Å². The summed E-state index contributed by atoms with van der Waals surface area (Å²) < 4.78 is 13.0. The van der Waals surface area contributed by atoms with Crippen LogP contribution in [0.15, 0.2) is 48.5 Å². The van der Waals surface area contributed by atoms with E-state index >= 15 is 0 Å². The van der Waals surface area contributed by atoms with Crippen LogP contribution in [-0.4, -0.2) is 0 Å². The Morgan fingerprint density at radius 2 is 1.76 bits per heavy atom. The van der Waals surface area contributed by atoms with Crippen LogP contribution in [0, 0.1) is 17.7 Å². The van der Waals surface area contributed by atoms with Crippen LogP contribution in [-0.2, 0) is 6.42 Å². The highest BCUT2D eigenvalue weighted by Crippen LogP contribution is 2.11. The lowest BCUT2D eigenvalue weighted by Gasteiger charge is -2.00. The third kappa shape index (κ3) is 2.95. The molecule has 2 rings (SSSR count). The fourth-order valence-electron chi connectivity index (χ4n) is 1.64. The molecule has 0 saturated carbocycles. The predicted octanol–water partition coefficient (Wildman–Crippen LogP) is 3.79. The Bertz CT molecular complexity index is 559. The maximum atomic E-state index is 13.0. The largest absolute Gasteiger partial charge is 0.207 e. The molecule has 0 spiro atoms. The zero-order valence-corrected chi connectivity index (χ0v) is 9.70. The van der Waals surface area contributed by atoms with Gasteiger partial charge in [-0.05, 0) is 42.3 Å². The molecule has 0 unspecified atom stereocenters. The monoisotopic (exact) mass is 224 g/mol. The minimum atomic E-state index is -0.202. The SMILES string of the molecule is CCc1cc(F)ccc1C#Cc1ccccc1. The van der Waals surface area contributed by atoms with Gasteiger partial charge in [-0.3, -0.25) is 0 Å². The average Bonchev–Trinajstić information content (AvgIpc) is 2.38. The van der Waals surface area contributed by atoms with Gasteiger partial charge in [0.05, 0.1) is 0 Å². The van der Waals surface area contributed by atoms with Crippen molar-refractivity contribution in [2.75, 3.05) is 0 Å². The summed E-state index contributed by atoms with van der Waals surface area (Å²) in [5.41, 5.74) is 2.82. The highest BCUT2D eigenvalue weighted by Gasteiger charge is 1.99. The Kier molecular flexibility index (Phi) is 3.57. The zero-order chi connectivity index (χ0) is 12.1. The predicted molar refractivity (Wildman–Crippen MR) is 68.2 cm³/mol. The highest BCUT2D eigenvalue weighted by atomic mass is 19.1. The van der Waals surface area contributed by atoms with Gasteiger partial charge in [-0.2, -0.15) is 0 Å². The van der Waals surface area contributed by atoms with Gasteiger partial charge < -0.3 is 0 Å². The topological polar surface area (TPSA) is 0 Å². The van der Waals surface area contributed by atoms with Crippen LogP contribution in [0.5, 0.6) is 0 Å². The van der Waals surface area contributed by atoms with Gasteiger partial charge in [0, 0.05) is 11.1 Å². The number of benzene rings is 2. The molecule has 0 heterocycles. The Morgan fingerprint density at radius 1 is 1.00 bits per heavy atom. The summed E-state index contributed by atoms with van der Waals surface area (Å²) in [4.78, 5) is 0. The molecule has 84 valence electrons. The van der Waals surface area contributed by atoms with Crippen molar-refractivity contribution in [3.05, 3.63) is 71.0 Å². The molecule has 0 bridgehead atoms. The zero-order valence-electron chi connectivity index (χ0n) is 9.70. The standard InChI is InChI=1S/C16H13F/c1-2-14-12-16(17)11-10-15(14)9-8-13-6-4-3-5-7-13/h3-7,10-12H,2H2,1H3. The Morgan fingerprint density at radius 3 is 2.47 bits per heavy atom. The molecule has 0 aromatic heterocycles. The van der Waals surface area contributed by atoms with Crippen LogP contribution in [0.3, 0.4) is 0 Å². The van der Waals surface area contributed by atoms with E-state index in [4.69, 9.17) is 0 Å². The van der Waals surface area contributed by atoms with Crippen LogP contribution in [0.25, 0.3) is 0 Å². The van der Waals surface area contributed by atoms with E-state index < -0.39 is 0 Å². The molecule has 0 fully saturated rings. The molecule has 2 aromatic carbocycles. The molecular formula is C16H13F. The summed E-state index contributed by atoms with van der Waals surface area (Å²) in [7, 11) is 0. The maximum absolute atomic E-state index is 13.0. The Balaban J connectivity index is 2.34. The summed E-state index contributed by atoms with van der Waals surface area (Å²) >= 11 is 0. The smallest absolute Gasteiger partial charge is 0.123 e. The minimum absolute atomic E-state index is 0.202. The quantitative estimate of drug-likeness (QED) is 0.646. The molecule has 0 atom stereocenters. The van der Waals surface area contributed by atoms with E-state index in [0.717, 1.165) is 23.1 Å². The minimum Gasteiger partial charge on any atom is -0.207 e. The first kappa shape index (κ1) is 11.4. The number of hydrogen-bond donors (Lipinski definition) is 0. The van der Waals surface area contributed by atoms with Gasteiger partial charge in [0.25, 0.3) is 0 Å². The van der Waals surface area contributed by atoms with Crippen LogP contribution in [0.4, 0.5) is 4.39 Å². The number of rotatable bonds is 1. The van der Waals surface area contributed by atoms with Gasteiger partial charge in [0.2, 0.25) is 0 Å². The lowest BCUT2D eigenvalue weighted by molar-refractivity contribution is 0.625. The van der Waals surface area contributed by atoms with Crippen molar-refractivity contribution in [3.63, 3.8) is 0 Å². The molecule has 0 radical (unpaired) electrons. The van der Waals surface area contributed by atoms with E-state index in [1.165, 1.54) is 6.07 Å². The molecule has 0 aliphatic heterocycles. The summed E-state index contributed by atoms with van der Waals surface area (Å²) in [6, 6.07) is 14.5. The fourth-order valence-corrected chi connectivity index (χ4v) is 1.64. The number of halogens is 1. The molecule has 1 heteroatoms. The first-order chi connectivity index (χ1) is 8.29. The van der Waals surface area contributed by atoms with Gasteiger partial charge in [-0.1, -0.05) is 37.0 Å². The van der Waals surface area contributed by atoms with Crippen molar-refractivity contribution in [1.82, 2.24) is 0 Å². The second kappa shape index (κ2) is 5.32. The summed E-state index contributed by atoms with van der Waals surface area (Å²) in [6.07, 6.45) is 0.788. The van der Waals surface area contributed by atoms with E-state index in [1.807, 2.05) is 37.3 Å². The number of hydrogen-bond acceptors (Lipinski definition) is 0. The third-order valence-electron chi connectivity index (χ3n) is 2.56. The van der Waals surface area contributed by atoms with Crippen LogP contribution in [0.1, 0.15) is 23.6 Å². The lowest BCUT2D eigenvalue weighted by Crippen LogP contribution is -1.89. The van der Waals surface area contributed by atoms with E-state index in [0.29, 0.717) is 0 Å². The molecule has 17 heavy (non-hydrogen) atoms. The Labute approximate surface area is 101 Å². The van der Waals surface area contributed by atoms with E-state index in [9.17, 15) is 4.39 Å². The first-order valence-corrected chi connectivity index (χ1v) is 5.65. The Hall–Kier alpha value is -2.07. The van der Waals surface area contributed by atoms with E-state index in [2.05, 4.69) is 11.8 Å². The second-order valence-electron chi connectivity index (χ2n) is 3.77. The van der Waals surface area contributed by atoms with E-state index in [-0.39, 0.29) is 5.82 Å². The lowest BCUT2D eigenvalue weighted by atomic mass is 10.0. The van der Waals surface area contributed by atoms with Crippen molar-refractivity contribution in [2.24, 2.45) is 0 Å². The molecule has 0 aliphatic carbocycles. The molecule has 0 N–H and O–H groups in total. The van der Waals surface area contributed by atoms with E-state index in [1.54, 1.807) is 12.1 Å². The average molecular weight is 224 g/mol. The normalized spacial score (nSPS) is 9.53. The summed E-state index contributed by atoms with van der Waals surface area (Å²) in [5.74, 6) is 5.97. The highest BCUT2D eigenvalue weighted by molar-refractivity contribution is 5.46. The second-order valence-corrected chi connectivity index (χ2v) is 3.77. The number of aryl methyl sites for hydroxylation is 1. The molecule has 0 nitrogen and oxygen atoms in total. The van der Waals surface area contributed by atoms with Crippen molar-refractivity contribution in [1.29, 1.82) is 0 Å². The molecule has 0 saturated heterocycles.